The summed E-state index contributed by atoms with van der Waals surface area (Å²) in [7, 11) is 2.34. The first-order chi connectivity index (χ1) is 31.0. The zero-order chi connectivity index (χ0) is 47.4. The minimum atomic E-state index is -1.43. The van der Waals surface area contributed by atoms with Crippen LogP contribution >= 0.6 is 0 Å². The second-order valence-electron chi connectivity index (χ2n) is 13.6. The van der Waals surface area contributed by atoms with Crippen molar-refractivity contribution >= 4 is 70.4 Å². The highest BCUT2D eigenvalue weighted by Gasteiger charge is 2.25. The van der Waals surface area contributed by atoms with E-state index in [0.717, 1.165) is 13.2 Å². The lowest BCUT2D eigenvalue weighted by Crippen LogP contribution is -2.43. The van der Waals surface area contributed by atoms with Gasteiger partial charge in [0.15, 0.2) is 23.0 Å². The maximum Gasteiger partial charge on any atom is 0.409 e. The molecule has 10 N–H and O–H groups in total. The van der Waals surface area contributed by atoms with Crippen molar-refractivity contribution in [2.75, 3.05) is 35.5 Å². The monoisotopic (exact) mass is 885 g/mol. The van der Waals surface area contributed by atoms with Gasteiger partial charge in [-0.1, -0.05) is 12.1 Å². The van der Waals surface area contributed by atoms with E-state index in [1.165, 1.54) is 86.0 Å². The first kappa shape index (κ1) is 46.7. The normalized spacial score (nSPS) is 11.1. The van der Waals surface area contributed by atoms with Crippen molar-refractivity contribution in [3.63, 3.8) is 0 Å². The molecule has 0 bridgehead atoms. The van der Waals surface area contributed by atoms with Gasteiger partial charge in [-0.15, -0.1) is 0 Å². The third-order valence-corrected chi connectivity index (χ3v) is 9.22. The van der Waals surface area contributed by atoms with Crippen molar-refractivity contribution in [1.29, 1.82) is 5.26 Å². The number of phenols is 2. The molecular formula is C45H39N7O13. The predicted molar refractivity (Wildman–Crippen MR) is 234 cm³/mol. The van der Waals surface area contributed by atoms with Crippen molar-refractivity contribution in [3.05, 3.63) is 130 Å². The van der Waals surface area contributed by atoms with Crippen LogP contribution in [-0.4, -0.2) is 77.2 Å². The van der Waals surface area contributed by atoms with Gasteiger partial charge in [-0.2, -0.15) is 5.26 Å². The van der Waals surface area contributed by atoms with Crippen LogP contribution in [0.2, 0.25) is 0 Å². The van der Waals surface area contributed by atoms with Gasteiger partial charge >= 0.3 is 12.1 Å². The Bertz CT molecular complexity index is 2750. The number of phenolic OH excluding ortho intramolecular Hbond substituents is 1. The highest BCUT2D eigenvalue weighted by molar-refractivity contribution is 6.11. The number of nitrogens with one attached hydrogen (secondary N) is 5. The van der Waals surface area contributed by atoms with Crippen LogP contribution in [0.15, 0.2) is 103 Å². The van der Waals surface area contributed by atoms with E-state index >= 15 is 0 Å². The summed E-state index contributed by atoms with van der Waals surface area (Å²) >= 11 is 0. The van der Waals surface area contributed by atoms with Gasteiger partial charge in [-0.3, -0.25) is 24.0 Å². The molecule has 0 aliphatic rings. The van der Waals surface area contributed by atoms with Crippen LogP contribution < -0.4 is 46.5 Å². The maximum absolute atomic E-state index is 13.2. The van der Waals surface area contributed by atoms with Gasteiger partial charge in [0, 0.05) is 28.1 Å². The van der Waals surface area contributed by atoms with Crippen LogP contribution in [0, 0.1) is 11.3 Å². The van der Waals surface area contributed by atoms with E-state index in [4.69, 9.17) is 19.9 Å². The summed E-state index contributed by atoms with van der Waals surface area (Å²) in [4.78, 5) is 87.7. The number of ether oxygens (including phenoxy) is 3. The average molecular weight is 886 g/mol. The number of hydrogen-bond acceptors (Lipinski definition) is 13. The summed E-state index contributed by atoms with van der Waals surface area (Å²) in [6, 6.07) is 22.9. The van der Waals surface area contributed by atoms with Crippen molar-refractivity contribution in [2.45, 2.75) is 19.4 Å². The van der Waals surface area contributed by atoms with Crippen LogP contribution in [-0.2, 0) is 9.59 Å². The molecule has 0 aliphatic heterocycles. The summed E-state index contributed by atoms with van der Waals surface area (Å²) in [5, 5.41) is 52.7. The molecule has 1 unspecified atom stereocenters. The molecular weight excluding hydrogens is 847 g/mol. The smallest absolute Gasteiger partial charge is 0.409 e. The molecule has 1 atom stereocenters. The molecule has 0 spiro atoms. The molecule has 0 saturated carbocycles. The molecule has 20 heteroatoms. The Morgan fingerprint density at radius 2 is 1.18 bits per heavy atom. The molecule has 0 aromatic heterocycles. The number of carboxylic acids is 1. The third-order valence-electron chi connectivity index (χ3n) is 9.22. The molecule has 6 amide bonds. The number of aromatic carboxylic acids is 1. The number of anilines is 4. The van der Waals surface area contributed by atoms with Crippen LogP contribution in [0.4, 0.5) is 27.5 Å². The fourth-order valence-corrected chi connectivity index (χ4v) is 5.97. The Morgan fingerprint density at radius 1 is 0.677 bits per heavy atom. The topological polar surface area (TPSA) is 318 Å². The SMILES string of the molecule is COc1c(NC(=O)c2ccc(NC(=O)c3ccc(NC(=O)C(CC#N)NC(=O)c4ccc(NC(=O)/C(C)=C/c5ccc(OC(N)=O)cc5)cc4)cc3)c(OC)c2O)ccc(C(=O)O)c1O. The van der Waals surface area contributed by atoms with E-state index < -0.39 is 64.7 Å². The fourth-order valence-electron chi connectivity index (χ4n) is 5.97. The van der Waals surface area contributed by atoms with E-state index in [-0.39, 0.29) is 57.4 Å². The predicted octanol–water partition coefficient (Wildman–Crippen LogP) is 5.47. The van der Waals surface area contributed by atoms with Crippen molar-refractivity contribution in [3.8, 4) is 34.8 Å². The number of nitriles is 1. The second-order valence-corrected chi connectivity index (χ2v) is 13.6. The van der Waals surface area contributed by atoms with Crippen molar-refractivity contribution in [1.82, 2.24) is 5.32 Å². The van der Waals surface area contributed by atoms with Gasteiger partial charge in [0.25, 0.3) is 23.6 Å². The summed E-state index contributed by atoms with van der Waals surface area (Å²) in [5.41, 5.74) is 5.93. The van der Waals surface area contributed by atoms with E-state index in [9.17, 15) is 54.1 Å². The quantitative estimate of drug-likeness (QED) is 0.0555. The molecule has 332 valence electrons. The Hall–Kier alpha value is -9.38. The first-order valence-corrected chi connectivity index (χ1v) is 18.9. The van der Waals surface area contributed by atoms with Crippen molar-refractivity contribution < 1.29 is 63.1 Å². The minimum absolute atomic E-state index is 0.0263. The van der Waals surface area contributed by atoms with Crippen LogP contribution in [0.5, 0.6) is 28.7 Å². The van der Waals surface area contributed by atoms with E-state index in [2.05, 4.69) is 26.6 Å². The second kappa shape index (κ2) is 20.9. The Labute approximate surface area is 369 Å². The largest absolute Gasteiger partial charge is 0.504 e. The number of benzene rings is 5. The highest BCUT2D eigenvalue weighted by atomic mass is 16.5. The number of nitrogens with two attached hydrogens (primary N) is 1. The highest BCUT2D eigenvalue weighted by Crippen LogP contribution is 2.40. The maximum atomic E-state index is 13.2. The lowest BCUT2D eigenvalue weighted by molar-refractivity contribution is -0.118. The number of amides is 6. The number of primary amides is 1. The van der Waals surface area contributed by atoms with E-state index in [1.807, 2.05) is 6.07 Å². The van der Waals surface area contributed by atoms with E-state index in [0.29, 0.717) is 16.8 Å². The zero-order valence-corrected chi connectivity index (χ0v) is 34.5. The minimum Gasteiger partial charge on any atom is -0.504 e. The number of methoxy groups -OCH3 is 2. The number of carboxylic acid groups (broad SMARTS) is 1. The van der Waals surface area contributed by atoms with Gasteiger partial charge in [0.2, 0.25) is 5.91 Å². The number of hydrogen-bond donors (Lipinski definition) is 9. The molecule has 5 rings (SSSR count). The van der Waals surface area contributed by atoms with Gasteiger partial charge < -0.3 is 61.8 Å². The Morgan fingerprint density at radius 3 is 1.71 bits per heavy atom. The molecule has 0 saturated heterocycles. The van der Waals surface area contributed by atoms with Crippen LogP contribution in [0.3, 0.4) is 0 Å². The van der Waals surface area contributed by atoms with Crippen LogP contribution in [0.25, 0.3) is 6.08 Å². The van der Waals surface area contributed by atoms with Gasteiger partial charge in [-0.25, -0.2) is 9.59 Å². The van der Waals surface area contributed by atoms with Gasteiger partial charge in [0.1, 0.15) is 17.4 Å². The molecule has 0 fully saturated rings. The van der Waals surface area contributed by atoms with Crippen LogP contribution in [0.1, 0.15) is 60.3 Å². The Kier molecular flexibility index (Phi) is 15.0. The summed E-state index contributed by atoms with van der Waals surface area (Å²) < 4.78 is 15.1. The zero-order valence-electron chi connectivity index (χ0n) is 34.5. The summed E-state index contributed by atoms with van der Waals surface area (Å²) in [5.74, 6) is -6.58. The number of carbonyl (C=O) groups is 7. The number of nitrogens with zero attached hydrogens (tertiary/aromatic N) is 1. The standard InChI is InChI=1S/C45H39N7O13/c1-23(22-24-4-14-29(15-5-24)65-45(47)62)39(55)48-27-10-6-26(7-11-27)41(57)52-34(20-21-46)43(59)49-28-12-8-25(9-13-28)40(56)50-32-18-16-30(35(53)37(32)63-2)42(58)51-33-19-17-31(44(60)61)36(54)38(33)64-3/h4-19,22,34,53-54H,20H2,1-3H3,(H2,47,62)(H,48,55)(H,49,59)(H,50,56)(H,51,58)(H,52,57)(H,60,61)/b23-22+. The van der Waals surface area contributed by atoms with Gasteiger partial charge in [0.05, 0.1) is 43.6 Å². The number of rotatable bonds is 16. The summed E-state index contributed by atoms with van der Waals surface area (Å²) in [6.07, 6.45) is 0.276. The lowest BCUT2D eigenvalue weighted by Gasteiger charge is -2.17. The first-order valence-electron chi connectivity index (χ1n) is 18.9. The summed E-state index contributed by atoms with van der Waals surface area (Å²) in [6.45, 7) is 1.60. The molecule has 0 heterocycles. The number of carbonyl (C=O) groups excluding carboxylic acids is 6. The lowest BCUT2D eigenvalue weighted by atomic mass is 10.1. The average Bonchev–Trinajstić information content (AvgIpc) is 3.27. The molecule has 5 aromatic carbocycles. The van der Waals surface area contributed by atoms with Crippen molar-refractivity contribution in [2.24, 2.45) is 5.73 Å². The molecule has 0 radical (unpaired) electrons. The van der Waals surface area contributed by atoms with E-state index in [1.54, 1.807) is 25.1 Å². The number of aromatic hydroxyl groups is 2. The molecule has 20 nitrogen and oxygen atoms in total. The molecule has 0 aliphatic carbocycles. The fraction of sp³-hybridized carbons (Fsp3) is 0.111. The molecule has 5 aromatic rings. The Balaban J connectivity index is 1.17. The third kappa shape index (κ3) is 11.7. The van der Waals surface area contributed by atoms with Gasteiger partial charge in [-0.05, 0) is 103 Å². The molecule has 65 heavy (non-hydrogen) atoms.